The zero-order valence-electron chi connectivity index (χ0n) is 18.0. The Kier molecular flexibility index (Phi) is 4.60. The van der Waals surface area contributed by atoms with Crippen molar-refractivity contribution in [3.05, 3.63) is 82.4 Å². The van der Waals surface area contributed by atoms with Crippen LogP contribution in [-0.2, 0) is 0 Å². The van der Waals surface area contributed by atoms with E-state index in [1.807, 2.05) is 42.5 Å². The van der Waals surface area contributed by atoms with Crippen LogP contribution < -0.4 is 14.8 Å². The summed E-state index contributed by atoms with van der Waals surface area (Å²) in [6.45, 7) is 6.52. The van der Waals surface area contributed by atoms with Gasteiger partial charge >= 0.3 is 0 Å². The molecule has 0 atom stereocenters. The Labute approximate surface area is 188 Å². The molecule has 2 aliphatic rings. The zero-order chi connectivity index (χ0) is 21.8. The van der Waals surface area contributed by atoms with Gasteiger partial charge in [0.05, 0.1) is 18.2 Å². The van der Waals surface area contributed by atoms with Gasteiger partial charge in [0.1, 0.15) is 17.3 Å². The highest BCUT2D eigenvalue weighted by atomic mass is 35.5. The predicted octanol–water partition coefficient (Wildman–Crippen LogP) is 7.51. The van der Waals surface area contributed by atoms with E-state index in [9.17, 15) is 0 Å². The molecule has 0 amide bonds. The fraction of sp³-hybridized carbons (Fsp3) is 0.185. The van der Waals surface area contributed by atoms with Crippen molar-refractivity contribution in [1.82, 2.24) is 0 Å². The summed E-state index contributed by atoms with van der Waals surface area (Å²) < 4.78 is 12.2. The van der Waals surface area contributed by atoms with Crippen molar-refractivity contribution in [3.8, 4) is 22.6 Å². The van der Waals surface area contributed by atoms with Crippen molar-refractivity contribution in [2.75, 3.05) is 12.4 Å². The minimum absolute atomic E-state index is 0.115. The van der Waals surface area contributed by atoms with Crippen LogP contribution in [0.2, 0.25) is 5.02 Å². The normalized spacial score (nSPS) is 16.9. The minimum Gasteiger partial charge on any atom is -0.496 e. The number of fused-ring (bicyclic) bond motifs is 5. The third-order valence-corrected chi connectivity index (χ3v) is 6.00. The second kappa shape index (κ2) is 7.21. The highest BCUT2D eigenvalue weighted by Crippen LogP contribution is 2.51. The largest absolute Gasteiger partial charge is 0.496 e. The van der Waals surface area contributed by atoms with E-state index in [1.165, 1.54) is 5.57 Å². The molecule has 0 fully saturated rings. The Morgan fingerprint density at radius 1 is 0.968 bits per heavy atom. The number of allylic oxidation sites excluding steroid dienone is 1. The standard InChI is InChI=1S/C27H24ClNO2/c1-16-15-27(2,3)29-20-13-12-19-25-21(30-4)6-5-7-22(25)31-23(26(19)24(16)20)14-17-8-10-18(28)11-9-17/h5-15,29H,1-4H3/b23-14-. The molecule has 0 saturated carbocycles. The number of hydrogen-bond acceptors (Lipinski definition) is 3. The van der Waals surface area contributed by atoms with Crippen molar-refractivity contribution >= 4 is 34.7 Å². The van der Waals surface area contributed by atoms with Crippen molar-refractivity contribution < 1.29 is 9.47 Å². The molecule has 31 heavy (non-hydrogen) atoms. The monoisotopic (exact) mass is 429 g/mol. The SMILES string of the molecule is COc1cccc2c1-c1ccc3c(c1/C(=C/c1ccc(Cl)cc1)O2)C(C)=CC(C)(C)N3. The van der Waals surface area contributed by atoms with Crippen molar-refractivity contribution in [3.63, 3.8) is 0 Å². The first-order valence-electron chi connectivity index (χ1n) is 10.3. The highest BCUT2D eigenvalue weighted by Gasteiger charge is 2.32. The lowest BCUT2D eigenvalue weighted by atomic mass is 9.83. The molecule has 156 valence electrons. The Morgan fingerprint density at radius 2 is 1.74 bits per heavy atom. The summed E-state index contributed by atoms with van der Waals surface area (Å²) in [5.74, 6) is 2.40. The van der Waals surface area contributed by atoms with Gasteiger partial charge in [-0.15, -0.1) is 0 Å². The first-order valence-corrected chi connectivity index (χ1v) is 10.7. The molecule has 0 unspecified atom stereocenters. The molecule has 0 aliphatic carbocycles. The van der Waals surface area contributed by atoms with E-state index in [1.54, 1.807) is 7.11 Å². The zero-order valence-corrected chi connectivity index (χ0v) is 18.8. The minimum atomic E-state index is -0.115. The van der Waals surface area contributed by atoms with Crippen molar-refractivity contribution in [1.29, 1.82) is 0 Å². The van der Waals surface area contributed by atoms with Gasteiger partial charge in [-0.2, -0.15) is 0 Å². The lowest BCUT2D eigenvalue weighted by molar-refractivity contribution is 0.412. The van der Waals surface area contributed by atoms with Crippen LogP contribution in [0.4, 0.5) is 5.69 Å². The van der Waals surface area contributed by atoms with Gasteiger partial charge in [0.25, 0.3) is 0 Å². The maximum Gasteiger partial charge on any atom is 0.139 e. The molecule has 0 aromatic heterocycles. The molecule has 0 spiro atoms. The lowest BCUT2D eigenvalue weighted by Gasteiger charge is -2.35. The molecule has 2 heterocycles. The van der Waals surface area contributed by atoms with Crippen LogP contribution in [0.5, 0.6) is 11.5 Å². The van der Waals surface area contributed by atoms with Gasteiger partial charge in [-0.3, -0.25) is 0 Å². The predicted molar refractivity (Wildman–Crippen MR) is 130 cm³/mol. The molecule has 3 aromatic rings. The summed E-state index contributed by atoms with van der Waals surface area (Å²) in [6, 6.07) is 18.0. The Bertz CT molecular complexity index is 1250. The Morgan fingerprint density at radius 3 is 2.48 bits per heavy atom. The number of hydrogen-bond donors (Lipinski definition) is 1. The number of rotatable bonds is 2. The summed E-state index contributed by atoms with van der Waals surface area (Å²) in [7, 11) is 1.70. The molecule has 4 heteroatoms. The van der Waals surface area contributed by atoms with Crippen LogP contribution in [0.25, 0.3) is 28.5 Å². The summed E-state index contributed by atoms with van der Waals surface area (Å²) in [5, 5.41) is 4.37. The lowest BCUT2D eigenvalue weighted by Crippen LogP contribution is -2.32. The van der Waals surface area contributed by atoms with E-state index in [0.717, 1.165) is 50.8 Å². The third-order valence-electron chi connectivity index (χ3n) is 5.75. The molecule has 1 N–H and O–H groups in total. The van der Waals surface area contributed by atoms with E-state index >= 15 is 0 Å². The Hall–Kier alpha value is -3.17. The van der Waals surface area contributed by atoms with Gasteiger partial charge < -0.3 is 14.8 Å². The fourth-order valence-electron chi connectivity index (χ4n) is 4.59. The van der Waals surface area contributed by atoms with Gasteiger partial charge in [-0.05, 0) is 68.3 Å². The van der Waals surface area contributed by atoms with Crippen LogP contribution in [0, 0.1) is 0 Å². The molecule has 3 aromatic carbocycles. The van der Waals surface area contributed by atoms with Crippen LogP contribution in [0.3, 0.4) is 0 Å². The van der Waals surface area contributed by atoms with Gasteiger partial charge in [0, 0.05) is 27.4 Å². The topological polar surface area (TPSA) is 30.5 Å². The van der Waals surface area contributed by atoms with Crippen molar-refractivity contribution in [2.45, 2.75) is 26.3 Å². The van der Waals surface area contributed by atoms with Gasteiger partial charge in [-0.1, -0.05) is 41.9 Å². The van der Waals surface area contributed by atoms with Gasteiger partial charge in [0.2, 0.25) is 0 Å². The van der Waals surface area contributed by atoms with E-state index in [0.29, 0.717) is 5.02 Å². The Balaban J connectivity index is 1.81. The maximum absolute atomic E-state index is 6.49. The van der Waals surface area contributed by atoms with Gasteiger partial charge in [-0.25, -0.2) is 0 Å². The molecule has 0 bridgehead atoms. The summed E-state index contributed by atoms with van der Waals surface area (Å²) in [4.78, 5) is 0. The first-order chi connectivity index (χ1) is 14.9. The van der Waals surface area contributed by atoms with Crippen LogP contribution in [0.1, 0.15) is 37.5 Å². The molecule has 0 radical (unpaired) electrons. The molecule has 5 rings (SSSR count). The quantitative estimate of drug-likeness (QED) is 0.457. The number of methoxy groups -OCH3 is 1. The molecular weight excluding hydrogens is 406 g/mol. The van der Waals surface area contributed by atoms with Crippen LogP contribution in [0.15, 0.2) is 60.7 Å². The first kappa shape index (κ1) is 19.8. The van der Waals surface area contributed by atoms with E-state index < -0.39 is 0 Å². The van der Waals surface area contributed by atoms with Crippen LogP contribution >= 0.6 is 11.6 Å². The number of anilines is 1. The average molecular weight is 430 g/mol. The summed E-state index contributed by atoms with van der Waals surface area (Å²) in [6.07, 6.45) is 4.35. The van der Waals surface area contributed by atoms with E-state index in [4.69, 9.17) is 21.1 Å². The van der Waals surface area contributed by atoms with Gasteiger partial charge in [0.15, 0.2) is 0 Å². The second-order valence-electron chi connectivity index (χ2n) is 8.58. The smallest absolute Gasteiger partial charge is 0.139 e. The summed E-state index contributed by atoms with van der Waals surface area (Å²) in [5.41, 5.74) is 7.55. The fourth-order valence-corrected chi connectivity index (χ4v) is 4.72. The molecular formula is C27H24ClNO2. The number of halogens is 1. The second-order valence-corrected chi connectivity index (χ2v) is 9.02. The number of benzene rings is 3. The molecule has 2 aliphatic heterocycles. The molecule has 3 nitrogen and oxygen atoms in total. The molecule has 0 saturated heterocycles. The number of nitrogens with one attached hydrogen (secondary N) is 1. The van der Waals surface area contributed by atoms with Crippen LogP contribution in [-0.4, -0.2) is 12.6 Å². The number of ether oxygens (including phenoxy) is 2. The van der Waals surface area contributed by atoms with Crippen molar-refractivity contribution in [2.24, 2.45) is 0 Å². The third kappa shape index (κ3) is 3.39. The van der Waals surface area contributed by atoms with E-state index in [-0.39, 0.29) is 5.54 Å². The summed E-state index contributed by atoms with van der Waals surface area (Å²) >= 11 is 6.09. The average Bonchev–Trinajstić information content (AvgIpc) is 2.73. The highest BCUT2D eigenvalue weighted by molar-refractivity contribution is 6.30. The maximum atomic E-state index is 6.49. The van der Waals surface area contributed by atoms with E-state index in [2.05, 4.69) is 50.4 Å².